The van der Waals surface area contributed by atoms with Gasteiger partial charge in [-0.25, -0.2) is 0 Å². The van der Waals surface area contributed by atoms with E-state index in [1.807, 2.05) is 0 Å². The molecule has 0 saturated carbocycles. The summed E-state index contributed by atoms with van der Waals surface area (Å²) in [5.74, 6) is 0. The van der Waals surface area contributed by atoms with Crippen LogP contribution >= 0.6 is 0 Å². The Morgan fingerprint density at radius 1 is 1.06 bits per heavy atom. The zero-order valence-corrected chi connectivity index (χ0v) is 11.4. The van der Waals surface area contributed by atoms with Gasteiger partial charge in [-0.2, -0.15) is 0 Å². The number of hydrogen-bond acceptors (Lipinski definition) is 2. The standard InChI is InChI=1S/C16H21NO/c1-16(2,18-3)10-11-17-15-9-8-13-6-4-5-7-14(13)12-15/h4-9,12,17H,10-11H2,1-3H3. The Bertz CT molecular complexity index is 519. The van der Waals surface area contributed by atoms with Crippen LogP contribution in [0.4, 0.5) is 5.69 Å². The molecule has 0 heterocycles. The molecule has 1 N–H and O–H groups in total. The van der Waals surface area contributed by atoms with E-state index in [0.717, 1.165) is 13.0 Å². The van der Waals surface area contributed by atoms with Crippen molar-refractivity contribution in [1.29, 1.82) is 0 Å². The fraction of sp³-hybridized carbons (Fsp3) is 0.375. The van der Waals surface area contributed by atoms with Crippen LogP contribution in [-0.4, -0.2) is 19.3 Å². The SMILES string of the molecule is COC(C)(C)CCNc1ccc2ccccc2c1. The second-order valence-electron chi connectivity index (χ2n) is 5.20. The summed E-state index contributed by atoms with van der Waals surface area (Å²) >= 11 is 0. The summed E-state index contributed by atoms with van der Waals surface area (Å²) in [6.45, 7) is 5.13. The molecular formula is C16H21NO. The van der Waals surface area contributed by atoms with Gasteiger partial charge in [0.15, 0.2) is 0 Å². The number of fused-ring (bicyclic) bond motifs is 1. The van der Waals surface area contributed by atoms with Gasteiger partial charge in [-0.05, 0) is 43.2 Å². The number of ether oxygens (including phenoxy) is 1. The Kier molecular flexibility index (Phi) is 3.87. The number of anilines is 1. The fourth-order valence-corrected chi connectivity index (χ4v) is 1.91. The first-order valence-corrected chi connectivity index (χ1v) is 6.38. The molecule has 2 rings (SSSR count). The lowest BCUT2D eigenvalue weighted by Crippen LogP contribution is -2.25. The monoisotopic (exact) mass is 243 g/mol. The van der Waals surface area contributed by atoms with Crippen LogP contribution in [0.5, 0.6) is 0 Å². The van der Waals surface area contributed by atoms with Gasteiger partial charge in [0.2, 0.25) is 0 Å². The quantitative estimate of drug-likeness (QED) is 0.854. The van der Waals surface area contributed by atoms with Crippen LogP contribution in [-0.2, 0) is 4.74 Å². The van der Waals surface area contributed by atoms with E-state index < -0.39 is 0 Å². The summed E-state index contributed by atoms with van der Waals surface area (Å²) in [7, 11) is 1.76. The average Bonchev–Trinajstić information content (AvgIpc) is 2.38. The molecule has 96 valence electrons. The van der Waals surface area contributed by atoms with Gasteiger partial charge in [0.25, 0.3) is 0 Å². The van der Waals surface area contributed by atoms with Gasteiger partial charge < -0.3 is 10.1 Å². The second-order valence-corrected chi connectivity index (χ2v) is 5.20. The lowest BCUT2D eigenvalue weighted by atomic mass is 10.1. The number of hydrogen-bond donors (Lipinski definition) is 1. The normalized spacial score (nSPS) is 11.7. The van der Waals surface area contributed by atoms with Crippen molar-refractivity contribution < 1.29 is 4.74 Å². The summed E-state index contributed by atoms with van der Waals surface area (Å²) in [5.41, 5.74) is 1.10. The number of methoxy groups -OCH3 is 1. The highest BCUT2D eigenvalue weighted by Gasteiger charge is 2.15. The van der Waals surface area contributed by atoms with E-state index in [0.29, 0.717) is 0 Å². The minimum Gasteiger partial charge on any atom is -0.385 e. The molecule has 0 aliphatic heterocycles. The largest absolute Gasteiger partial charge is 0.385 e. The Hall–Kier alpha value is -1.54. The average molecular weight is 243 g/mol. The molecule has 0 aliphatic rings. The molecule has 2 nitrogen and oxygen atoms in total. The van der Waals surface area contributed by atoms with Gasteiger partial charge in [0.05, 0.1) is 5.60 Å². The highest BCUT2D eigenvalue weighted by atomic mass is 16.5. The Morgan fingerprint density at radius 2 is 1.78 bits per heavy atom. The van der Waals surface area contributed by atoms with Gasteiger partial charge in [0, 0.05) is 19.3 Å². The number of nitrogens with one attached hydrogen (secondary N) is 1. The van der Waals surface area contributed by atoms with Crippen LogP contribution in [0.15, 0.2) is 42.5 Å². The predicted molar refractivity (Wildman–Crippen MR) is 78.1 cm³/mol. The topological polar surface area (TPSA) is 21.3 Å². The molecule has 0 bridgehead atoms. The van der Waals surface area contributed by atoms with E-state index in [2.05, 4.69) is 61.6 Å². The van der Waals surface area contributed by atoms with Crippen LogP contribution in [0.3, 0.4) is 0 Å². The Morgan fingerprint density at radius 3 is 2.50 bits per heavy atom. The first-order valence-electron chi connectivity index (χ1n) is 6.38. The third-order valence-electron chi connectivity index (χ3n) is 3.36. The zero-order chi connectivity index (χ0) is 13.0. The third kappa shape index (κ3) is 3.23. The smallest absolute Gasteiger partial charge is 0.0639 e. The summed E-state index contributed by atoms with van der Waals surface area (Å²) in [4.78, 5) is 0. The van der Waals surface area contributed by atoms with Gasteiger partial charge >= 0.3 is 0 Å². The molecule has 2 heteroatoms. The second kappa shape index (κ2) is 5.40. The molecule has 0 radical (unpaired) electrons. The molecular weight excluding hydrogens is 222 g/mol. The highest BCUT2D eigenvalue weighted by molar-refractivity contribution is 5.85. The molecule has 0 amide bonds. The van der Waals surface area contributed by atoms with Crippen LogP contribution in [0.25, 0.3) is 10.8 Å². The summed E-state index contributed by atoms with van der Waals surface area (Å²) in [5, 5.41) is 6.00. The maximum atomic E-state index is 5.41. The molecule has 2 aromatic carbocycles. The zero-order valence-electron chi connectivity index (χ0n) is 11.4. The maximum Gasteiger partial charge on any atom is 0.0639 e. The van der Waals surface area contributed by atoms with Crippen LogP contribution in [0.1, 0.15) is 20.3 Å². The van der Waals surface area contributed by atoms with Crippen LogP contribution < -0.4 is 5.32 Å². The van der Waals surface area contributed by atoms with Crippen molar-refractivity contribution in [3.05, 3.63) is 42.5 Å². The molecule has 0 aliphatic carbocycles. The molecule has 0 unspecified atom stereocenters. The number of benzene rings is 2. The fourth-order valence-electron chi connectivity index (χ4n) is 1.91. The Balaban J connectivity index is 2.00. The van der Waals surface area contributed by atoms with Gasteiger partial charge in [-0.1, -0.05) is 30.3 Å². The highest BCUT2D eigenvalue weighted by Crippen LogP contribution is 2.19. The molecule has 0 aromatic heterocycles. The van der Waals surface area contributed by atoms with Crippen molar-refractivity contribution in [3.63, 3.8) is 0 Å². The lowest BCUT2D eigenvalue weighted by molar-refractivity contribution is 0.0185. The van der Waals surface area contributed by atoms with Gasteiger partial charge in [0.1, 0.15) is 0 Å². The summed E-state index contributed by atoms with van der Waals surface area (Å²) in [6, 6.07) is 14.9. The lowest BCUT2D eigenvalue weighted by Gasteiger charge is -2.23. The van der Waals surface area contributed by atoms with Crippen molar-refractivity contribution in [1.82, 2.24) is 0 Å². The molecule has 2 aromatic rings. The Labute approximate surface area is 109 Å². The molecule has 0 fully saturated rings. The van der Waals surface area contributed by atoms with Gasteiger partial charge in [-0.3, -0.25) is 0 Å². The first kappa shape index (κ1) is 12.9. The first-order chi connectivity index (χ1) is 8.61. The third-order valence-corrected chi connectivity index (χ3v) is 3.36. The summed E-state index contributed by atoms with van der Waals surface area (Å²) < 4.78 is 5.41. The minimum absolute atomic E-state index is 0.0656. The van der Waals surface area contributed by atoms with Crippen LogP contribution in [0, 0.1) is 0 Å². The maximum absolute atomic E-state index is 5.41. The van der Waals surface area contributed by atoms with E-state index >= 15 is 0 Å². The van der Waals surface area contributed by atoms with Crippen molar-refractivity contribution >= 4 is 16.5 Å². The molecule has 0 atom stereocenters. The number of rotatable bonds is 5. The molecule has 0 saturated heterocycles. The molecule has 0 spiro atoms. The van der Waals surface area contributed by atoms with Crippen LogP contribution in [0.2, 0.25) is 0 Å². The van der Waals surface area contributed by atoms with E-state index in [1.54, 1.807) is 7.11 Å². The van der Waals surface area contributed by atoms with E-state index in [9.17, 15) is 0 Å². The van der Waals surface area contributed by atoms with E-state index in [-0.39, 0.29) is 5.60 Å². The minimum atomic E-state index is -0.0656. The van der Waals surface area contributed by atoms with Crippen molar-refractivity contribution in [2.24, 2.45) is 0 Å². The van der Waals surface area contributed by atoms with Crippen molar-refractivity contribution in [2.45, 2.75) is 25.9 Å². The van der Waals surface area contributed by atoms with Gasteiger partial charge in [-0.15, -0.1) is 0 Å². The van der Waals surface area contributed by atoms with Crippen molar-refractivity contribution in [3.8, 4) is 0 Å². The van der Waals surface area contributed by atoms with E-state index in [1.165, 1.54) is 16.5 Å². The summed E-state index contributed by atoms with van der Waals surface area (Å²) in [6.07, 6.45) is 0.982. The van der Waals surface area contributed by atoms with E-state index in [4.69, 9.17) is 4.74 Å². The molecule has 18 heavy (non-hydrogen) atoms. The predicted octanol–water partition coefficient (Wildman–Crippen LogP) is 4.07. The van der Waals surface area contributed by atoms with Crippen molar-refractivity contribution in [2.75, 3.05) is 19.0 Å².